The Labute approximate surface area is 118 Å². The third-order valence-corrected chi connectivity index (χ3v) is 4.43. The first-order valence-corrected chi connectivity index (χ1v) is 7.46. The summed E-state index contributed by atoms with van der Waals surface area (Å²) in [6.45, 7) is 8.86. The van der Waals surface area contributed by atoms with Gasteiger partial charge in [0.1, 0.15) is 5.82 Å². The van der Waals surface area contributed by atoms with E-state index in [1.807, 2.05) is 19.9 Å². The third-order valence-electron chi connectivity index (χ3n) is 3.34. The number of aryl methyl sites for hydroxylation is 3. The molecule has 1 N–H and O–H groups in total. The number of thiophene rings is 1. The van der Waals surface area contributed by atoms with Crippen molar-refractivity contribution in [3.8, 4) is 0 Å². The molecule has 0 spiro atoms. The zero-order valence-electron chi connectivity index (χ0n) is 11.9. The van der Waals surface area contributed by atoms with E-state index in [9.17, 15) is 4.39 Å². The molecule has 0 aliphatic heterocycles. The van der Waals surface area contributed by atoms with Gasteiger partial charge in [-0.05, 0) is 61.5 Å². The van der Waals surface area contributed by atoms with Crippen LogP contribution in [0.2, 0.25) is 0 Å². The molecule has 19 heavy (non-hydrogen) atoms. The normalized spacial score (nSPS) is 12.7. The summed E-state index contributed by atoms with van der Waals surface area (Å²) in [4.78, 5) is 1.20. The zero-order valence-corrected chi connectivity index (χ0v) is 12.7. The predicted octanol–water partition coefficient (Wildman–Crippen LogP) is 4.51. The number of hydrogen-bond acceptors (Lipinski definition) is 2. The molecule has 1 nitrogen and oxygen atoms in total. The van der Waals surface area contributed by atoms with Crippen LogP contribution >= 0.6 is 11.3 Å². The van der Waals surface area contributed by atoms with Gasteiger partial charge in [0.25, 0.3) is 0 Å². The van der Waals surface area contributed by atoms with Gasteiger partial charge in [0.05, 0.1) is 6.04 Å². The van der Waals surface area contributed by atoms with Crippen molar-refractivity contribution in [1.82, 2.24) is 5.32 Å². The maximum Gasteiger partial charge on any atom is 0.128 e. The van der Waals surface area contributed by atoms with Gasteiger partial charge in [0.15, 0.2) is 0 Å². The van der Waals surface area contributed by atoms with E-state index in [1.165, 1.54) is 10.4 Å². The molecule has 1 aromatic carbocycles. The lowest BCUT2D eigenvalue weighted by Gasteiger charge is -2.21. The molecule has 1 atom stereocenters. The molecule has 1 aromatic heterocycles. The number of benzene rings is 1. The minimum atomic E-state index is -0.115. The van der Waals surface area contributed by atoms with Crippen LogP contribution in [0.5, 0.6) is 0 Å². The average Bonchev–Trinajstić information content (AvgIpc) is 2.73. The molecular weight excluding hydrogens is 257 g/mol. The lowest BCUT2D eigenvalue weighted by atomic mass is 9.96. The minimum absolute atomic E-state index is 0.0504. The SMILES string of the molecule is CCNC(c1sccc1C)c1c(C)cc(C)cc1F. The lowest BCUT2D eigenvalue weighted by molar-refractivity contribution is 0.558. The molecule has 3 heteroatoms. The second-order valence-electron chi connectivity index (χ2n) is 4.94. The highest BCUT2D eigenvalue weighted by molar-refractivity contribution is 7.10. The fourth-order valence-corrected chi connectivity index (χ4v) is 3.51. The fourth-order valence-electron chi connectivity index (χ4n) is 2.50. The Balaban J connectivity index is 2.54. The van der Waals surface area contributed by atoms with Crippen molar-refractivity contribution in [2.75, 3.05) is 6.54 Å². The number of hydrogen-bond donors (Lipinski definition) is 1. The minimum Gasteiger partial charge on any atom is -0.306 e. The summed E-state index contributed by atoms with van der Waals surface area (Å²) < 4.78 is 14.4. The maximum atomic E-state index is 14.4. The third kappa shape index (κ3) is 2.88. The molecule has 0 aliphatic rings. The van der Waals surface area contributed by atoms with E-state index in [0.29, 0.717) is 0 Å². The largest absolute Gasteiger partial charge is 0.306 e. The molecule has 0 saturated carbocycles. The monoisotopic (exact) mass is 277 g/mol. The molecule has 0 amide bonds. The van der Waals surface area contributed by atoms with E-state index in [0.717, 1.165) is 23.2 Å². The van der Waals surface area contributed by atoms with Crippen molar-refractivity contribution in [1.29, 1.82) is 0 Å². The van der Waals surface area contributed by atoms with Crippen molar-refractivity contribution in [2.45, 2.75) is 33.7 Å². The van der Waals surface area contributed by atoms with Gasteiger partial charge in [-0.25, -0.2) is 4.39 Å². The van der Waals surface area contributed by atoms with Crippen LogP contribution in [0.4, 0.5) is 4.39 Å². The zero-order chi connectivity index (χ0) is 14.0. The summed E-state index contributed by atoms with van der Waals surface area (Å²) in [6.07, 6.45) is 0. The summed E-state index contributed by atoms with van der Waals surface area (Å²) in [7, 11) is 0. The summed E-state index contributed by atoms with van der Waals surface area (Å²) in [6, 6.07) is 5.71. The first-order chi connectivity index (χ1) is 9.04. The Bertz CT molecular complexity index is 551. The van der Waals surface area contributed by atoms with Crippen LogP contribution in [0.25, 0.3) is 0 Å². The summed E-state index contributed by atoms with van der Waals surface area (Å²) in [5.41, 5.74) is 3.97. The van der Waals surface area contributed by atoms with E-state index >= 15 is 0 Å². The first kappa shape index (κ1) is 14.2. The van der Waals surface area contributed by atoms with Crippen molar-refractivity contribution in [3.63, 3.8) is 0 Å². The highest BCUT2D eigenvalue weighted by Crippen LogP contribution is 2.33. The first-order valence-electron chi connectivity index (χ1n) is 6.58. The molecule has 0 saturated heterocycles. The van der Waals surface area contributed by atoms with Crippen LogP contribution in [0.1, 0.15) is 40.1 Å². The number of nitrogens with one attached hydrogen (secondary N) is 1. The van der Waals surface area contributed by atoms with Gasteiger partial charge in [-0.2, -0.15) is 0 Å². The van der Waals surface area contributed by atoms with Gasteiger partial charge in [0.2, 0.25) is 0 Å². The summed E-state index contributed by atoms with van der Waals surface area (Å²) >= 11 is 1.68. The average molecular weight is 277 g/mol. The molecule has 2 aromatic rings. The van der Waals surface area contributed by atoms with Crippen molar-refractivity contribution < 1.29 is 4.39 Å². The Kier molecular flexibility index (Phi) is 4.38. The van der Waals surface area contributed by atoms with Crippen LogP contribution in [0, 0.1) is 26.6 Å². The number of rotatable bonds is 4. The van der Waals surface area contributed by atoms with Gasteiger partial charge < -0.3 is 5.32 Å². The number of halogens is 1. The van der Waals surface area contributed by atoms with Crippen LogP contribution in [-0.4, -0.2) is 6.54 Å². The van der Waals surface area contributed by atoms with Crippen molar-refractivity contribution in [3.05, 3.63) is 56.5 Å². The molecular formula is C16H20FNS. The Hall–Kier alpha value is -1.19. The van der Waals surface area contributed by atoms with Crippen LogP contribution in [0.15, 0.2) is 23.6 Å². The molecule has 1 unspecified atom stereocenters. The van der Waals surface area contributed by atoms with Gasteiger partial charge in [-0.15, -0.1) is 11.3 Å². The van der Waals surface area contributed by atoms with Gasteiger partial charge in [-0.3, -0.25) is 0 Å². The Morgan fingerprint density at radius 2 is 1.95 bits per heavy atom. The van der Waals surface area contributed by atoms with Crippen molar-refractivity contribution >= 4 is 11.3 Å². The second-order valence-corrected chi connectivity index (χ2v) is 5.88. The van der Waals surface area contributed by atoms with Gasteiger partial charge >= 0.3 is 0 Å². The van der Waals surface area contributed by atoms with E-state index < -0.39 is 0 Å². The second kappa shape index (κ2) is 5.85. The topological polar surface area (TPSA) is 12.0 Å². The van der Waals surface area contributed by atoms with E-state index in [4.69, 9.17) is 0 Å². The molecule has 0 aliphatic carbocycles. The quantitative estimate of drug-likeness (QED) is 0.867. The van der Waals surface area contributed by atoms with Gasteiger partial charge in [0, 0.05) is 10.4 Å². The fraction of sp³-hybridized carbons (Fsp3) is 0.375. The van der Waals surface area contributed by atoms with Crippen LogP contribution in [0.3, 0.4) is 0 Å². The van der Waals surface area contributed by atoms with E-state index in [1.54, 1.807) is 17.4 Å². The maximum absolute atomic E-state index is 14.4. The molecule has 0 bridgehead atoms. The summed E-state index contributed by atoms with van der Waals surface area (Å²) in [5.74, 6) is -0.115. The molecule has 0 radical (unpaired) electrons. The molecule has 1 heterocycles. The summed E-state index contributed by atoms with van der Waals surface area (Å²) in [5, 5.41) is 5.48. The Morgan fingerprint density at radius 3 is 2.47 bits per heavy atom. The predicted molar refractivity (Wildman–Crippen MR) is 80.4 cm³/mol. The van der Waals surface area contributed by atoms with E-state index in [-0.39, 0.29) is 11.9 Å². The molecule has 2 rings (SSSR count). The van der Waals surface area contributed by atoms with Gasteiger partial charge in [-0.1, -0.05) is 13.0 Å². The van der Waals surface area contributed by atoms with Crippen molar-refractivity contribution in [2.24, 2.45) is 0 Å². The highest BCUT2D eigenvalue weighted by atomic mass is 32.1. The highest BCUT2D eigenvalue weighted by Gasteiger charge is 2.22. The standard InChI is InChI=1S/C16H20FNS/c1-5-18-15(16-11(3)6-7-19-16)14-12(4)8-10(2)9-13(14)17/h6-9,15,18H,5H2,1-4H3. The smallest absolute Gasteiger partial charge is 0.128 e. The van der Waals surface area contributed by atoms with E-state index in [2.05, 4.69) is 30.6 Å². The molecule has 0 fully saturated rings. The van der Waals surface area contributed by atoms with Crippen LogP contribution in [-0.2, 0) is 0 Å². The molecule has 102 valence electrons. The van der Waals surface area contributed by atoms with Crippen LogP contribution < -0.4 is 5.32 Å². The Morgan fingerprint density at radius 1 is 1.21 bits per heavy atom. The lowest BCUT2D eigenvalue weighted by Crippen LogP contribution is -2.23.